The van der Waals surface area contributed by atoms with Gasteiger partial charge in [-0.05, 0) is 39.8 Å². The molecule has 0 aromatic rings. The molecule has 2 nitrogen and oxygen atoms in total. The van der Waals surface area contributed by atoms with Gasteiger partial charge in [0.1, 0.15) is 5.54 Å². The van der Waals surface area contributed by atoms with E-state index in [4.69, 9.17) is 0 Å². The molecule has 0 aromatic carbocycles. The van der Waals surface area contributed by atoms with Crippen molar-refractivity contribution in [3.8, 4) is 6.07 Å². The predicted molar refractivity (Wildman–Crippen MR) is 116 cm³/mol. The monoisotopic (exact) mass is 364 g/mol. The molecule has 154 valence electrons. The highest BCUT2D eigenvalue weighted by Gasteiger charge is 2.25. The van der Waals surface area contributed by atoms with E-state index in [0.29, 0.717) is 0 Å². The topological polar surface area (TPSA) is 27.0 Å². The van der Waals surface area contributed by atoms with Crippen LogP contribution in [0.25, 0.3) is 0 Å². The van der Waals surface area contributed by atoms with E-state index >= 15 is 0 Å². The molecule has 2 heteroatoms. The van der Waals surface area contributed by atoms with Crippen molar-refractivity contribution in [3.63, 3.8) is 0 Å². The van der Waals surface area contributed by atoms with Crippen molar-refractivity contribution < 1.29 is 0 Å². The fourth-order valence-corrected chi connectivity index (χ4v) is 3.61. The molecule has 0 fully saturated rings. The Balaban J connectivity index is 3.85. The third kappa shape index (κ3) is 14.6. The smallest absolute Gasteiger partial charge is 0.103 e. The van der Waals surface area contributed by atoms with Crippen LogP contribution in [-0.4, -0.2) is 23.5 Å². The number of rotatable bonds is 19. The maximum Gasteiger partial charge on any atom is 0.103 e. The molecular weight excluding hydrogens is 316 g/mol. The van der Waals surface area contributed by atoms with Gasteiger partial charge in [0.25, 0.3) is 0 Å². The van der Waals surface area contributed by atoms with Crippen molar-refractivity contribution in [3.05, 3.63) is 0 Å². The standard InChI is InChI=1S/C24H48N2/c1-5-7-9-11-13-15-17-19-21-26(24(3,4)23-25)22-20-18-16-14-12-10-8-6-2/h5-22H2,1-4H3. The van der Waals surface area contributed by atoms with E-state index in [2.05, 4.69) is 38.7 Å². The molecule has 0 bridgehead atoms. The summed E-state index contributed by atoms with van der Waals surface area (Å²) in [5, 5.41) is 9.52. The lowest BCUT2D eigenvalue weighted by molar-refractivity contribution is 0.160. The summed E-state index contributed by atoms with van der Waals surface area (Å²) < 4.78 is 0. The highest BCUT2D eigenvalue weighted by atomic mass is 15.2. The van der Waals surface area contributed by atoms with Crippen molar-refractivity contribution in [2.24, 2.45) is 0 Å². The van der Waals surface area contributed by atoms with Crippen LogP contribution in [0.5, 0.6) is 0 Å². The molecule has 0 atom stereocenters. The molecule has 0 radical (unpaired) electrons. The fraction of sp³-hybridized carbons (Fsp3) is 0.958. The zero-order valence-corrected chi connectivity index (χ0v) is 18.6. The highest BCUT2D eigenvalue weighted by molar-refractivity contribution is 5.01. The van der Waals surface area contributed by atoms with Crippen LogP contribution >= 0.6 is 0 Å². The molecule has 0 unspecified atom stereocenters. The van der Waals surface area contributed by atoms with Gasteiger partial charge in [0.15, 0.2) is 0 Å². The molecule has 0 saturated carbocycles. The molecule has 0 spiro atoms. The van der Waals surface area contributed by atoms with Gasteiger partial charge < -0.3 is 0 Å². The van der Waals surface area contributed by atoms with E-state index in [-0.39, 0.29) is 5.54 Å². The lowest BCUT2D eigenvalue weighted by atomic mass is 10.0. The molecule has 0 aliphatic carbocycles. The van der Waals surface area contributed by atoms with Gasteiger partial charge in [-0.1, -0.05) is 104 Å². The van der Waals surface area contributed by atoms with Gasteiger partial charge in [0.05, 0.1) is 6.07 Å². The molecule has 0 aliphatic rings. The van der Waals surface area contributed by atoms with E-state index in [1.807, 2.05) is 0 Å². The van der Waals surface area contributed by atoms with Crippen LogP contribution in [0.1, 0.15) is 130 Å². The molecular formula is C24H48N2. The summed E-state index contributed by atoms with van der Waals surface area (Å²) in [7, 11) is 0. The van der Waals surface area contributed by atoms with Crippen LogP contribution in [0.4, 0.5) is 0 Å². The van der Waals surface area contributed by atoms with Gasteiger partial charge >= 0.3 is 0 Å². The third-order valence-corrected chi connectivity index (χ3v) is 5.63. The van der Waals surface area contributed by atoms with Crippen molar-refractivity contribution in [2.45, 2.75) is 136 Å². The Kier molecular flexibility index (Phi) is 17.5. The van der Waals surface area contributed by atoms with Crippen molar-refractivity contribution >= 4 is 0 Å². The lowest BCUT2D eigenvalue weighted by Gasteiger charge is -2.33. The summed E-state index contributed by atoms with van der Waals surface area (Å²) in [5.41, 5.74) is -0.317. The van der Waals surface area contributed by atoms with E-state index in [9.17, 15) is 5.26 Å². The Morgan fingerprint density at radius 2 is 0.885 bits per heavy atom. The Morgan fingerprint density at radius 1 is 0.577 bits per heavy atom. The highest BCUT2D eigenvalue weighted by Crippen LogP contribution is 2.17. The van der Waals surface area contributed by atoms with Crippen molar-refractivity contribution in [1.82, 2.24) is 4.90 Å². The third-order valence-electron chi connectivity index (χ3n) is 5.63. The minimum atomic E-state index is -0.317. The molecule has 0 aliphatic heterocycles. The zero-order chi connectivity index (χ0) is 19.5. The molecule has 0 aromatic heterocycles. The van der Waals surface area contributed by atoms with Crippen LogP contribution in [0.15, 0.2) is 0 Å². The van der Waals surface area contributed by atoms with Gasteiger partial charge in [0, 0.05) is 0 Å². The summed E-state index contributed by atoms with van der Waals surface area (Å²) in [6.07, 6.45) is 21.7. The molecule has 0 saturated heterocycles. The zero-order valence-electron chi connectivity index (χ0n) is 18.6. The first kappa shape index (κ1) is 25.4. The SMILES string of the molecule is CCCCCCCCCCN(CCCCCCCCCC)C(C)(C)C#N. The average Bonchev–Trinajstić information content (AvgIpc) is 2.64. The normalized spacial score (nSPS) is 11.8. The Bertz CT molecular complexity index is 310. The van der Waals surface area contributed by atoms with Crippen LogP contribution in [0.3, 0.4) is 0 Å². The van der Waals surface area contributed by atoms with Gasteiger partial charge in [-0.15, -0.1) is 0 Å². The van der Waals surface area contributed by atoms with Gasteiger partial charge in [0.2, 0.25) is 0 Å². The number of nitrogens with zero attached hydrogens (tertiary/aromatic N) is 2. The van der Waals surface area contributed by atoms with Crippen molar-refractivity contribution in [1.29, 1.82) is 5.26 Å². The minimum absolute atomic E-state index is 0.317. The Hall–Kier alpha value is -0.550. The summed E-state index contributed by atoms with van der Waals surface area (Å²) in [6, 6.07) is 2.52. The second-order valence-electron chi connectivity index (χ2n) is 8.61. The maximum absolute atomic E-state index is 9.52. The number of nitriles is 1. The van der Waals surface area contributed by atoms with E-state index in [0.717, 1.165) is 13.1 Å². The lowest BCUT2D eigenvalue weighted by Crippen LogP contribution is -2.43. The van der Waals surface area contributed by atoms with Crippen molar-refractivity contribution in [2.75, 3.05) is 13.1 Å². The van der Waals surface area contributed by atoms with E-state index in [1.165, 1.54) is 103 Å². The second-order valence-corrected chi connectivity index (χ2v) is 8.61. The first-order valence-corrected chi connectivity index (χ1v) is 11.7. The quantitative estimate of drug-likeness (QED) is 0.218. The minimum Gasteiger partial charge on any atom is -0.286 e. The molecule has 0 rings (SSSR count). The van der Waals surface area contributed by atoms with Crippen LogP contribution in [0.2, 0.25) is 0 Å². The largest absolute Gasteiger partial charge is 0.286 e. The summed E-state index contributed by atoms with van der Waals surface area (Å²) >= 11 is 0. The van der Waals surface area contributed by atoms with Crippen LogP contribution < -0.4 is 0 Å². The number of hydrogen-bond acceptors (Lipinski definition) is 2. The van der Waals surface area contributed by atoms with Crippen LogP contribution in [-0.2, 0) is 0 Å². The van der Waals surface area contributed by atoms with E-state index in [1.54, 1.807) is 0 Å². The van der Waals surface area contributed by atoms with Gasteiger partial charge in [-0.3, -0.25) is 4.90 Å². The predicted octanol–water partition coefficient (Wildman–Crippen LogP) is 7.87. The van der Waals surface area contributed by atoms with E-state index < -0.39 is 0 Å². The van der Waals surface area contributed by atoms with Gasteiger partial charge in [-0.2, -0.15) is 5.26 Å². The Labute approximate surface area is 165 Å². The number of hydrogen-bond donors (Lipinski definition) is 0. The van der Waals surface area contributed by atoms with Crippen LogP contribution in [0, 0.1) is 11.3 Å². The molecule has 26 heavy (non-hydrogen) atoms. The number of unbranched alkanes of at least 4 members (excludes halogenated alkanes) is 14. The molecule has 0 N–H and O–H groups in total. The fourth-order valence-electron chi connectivity index (χ4n) is 3.61. The second kappa shape index (κ2) is 17.8. The molecule has 0 heterocycles. The summed E-state index contributed by atoms with van der Waals surface area (Å²) in [5.74, 6) is 0. The summed E-state index contributed by atoms with van der Waals surface area (Å²) in [4.78, 5) is 2.43. The summed E-state index contributed by atoms with van der Waals surface area (Å²) in [6.45, 7) is 10.9. The first-order chi connectivity index (χ1) is 12.6. The van der Waals surface area contributed by atoms with Gasteiger partial charge in [-0.25, -0.2) is 0 Å². The average molecular weight is 365 g/mol. The first-order valence-electron chi connectivity index (χ1n) is 11.7. The Morgan fingerprint density at radius 3 is 1.19 bits per heavy atom. The maximum atomic E-state index is 9.52. The molecule has 0 amide bonds.